The number of para-hydroxylation sites is 1. The molecule has 25 heavy (non-hydrogen) atoms. The minimum atomic E-state index is -1.87. The fraction of sp³-hybridized carbons (Fsp3) is 0.471. The molecule has 136 valence electrons. The van der Waals surface area contributed by atoms with Gasteiger partial charge in [0.1, 0.15) is 5.92 Å². The lowest BCUT2D eigenvalue weighted by Gasteiger charge is -2.33. The molecular weight excluding hydrogens is 385 g/mol. The van der Waals surface area contributed by atoms with Crippen molar-refractivity contribution in [3.63, 3.8) is 0 Å². The van der Waals surface area contributed by atoms with Crippen LogP contribution in [-0.4, -0.2) is 27.4 Å². The molecular formula is C17H20Cl3N3O2. The van der Waals surface area contributed by atoms with E-state index < -0.39 is 27.1 Å². The monoisotopic (exact) mass is 403 g/mol. The molecule has 0 fully saturated rings. The fourth-order valence-corrected chi connectivity index (χ4v) is 3.25. The quantitative estimate of drug-likeness (QED) is 0.776. The molecule has 1 aromatic rings. The summed E-state index contributed by atoms with van der Waals surface area (Å²) in [6.07, 6.45) is 0. The summed E-state index contributed by atoms with van der Waals surface area (Å²) in [7, 11) is 0. The van der Waals surface area contributed by atoms with E-state index in [4.69, 9.17) is 34.8 Å². The SMILES string of the molecule is CC(=O)N[C@H]([C@@H]1C(=O)N(c2ccccc2)N=C1C(C)(C)C)C(Cl)(Cl)Cl. The lowest BCUT2D eigenvalue weighted by Crippen LogP contribution is -2.54. The van der Waals surface area contributed by atoms with Crippen LogP contribution in [0.5, 0.6) is 0 Å². The van der Waals surface area contributed by atoms with Gasteiger partial charge in [-0.2, -0.15) is 5.10 Å². The molecule has 0 saturated heterocycles. The van der Waals surface area contributed by atoms with E-state index in [9.17, 15) is 9.59 Å². The highest BCUT2D eigenvalue weighted by atomic mass is 35.6. The van der Waals surface area contributed by atoms with Crippen molar-refractivity contribution in [3.05, 3.63) is 30.3 Å². The van der Waals surface area contributed by atoms with Crippen molar-refractivity contribution >= 4 is 58.0 Å². The van der Waals surface area contributed by atoms with Crippen LogP contribution in [0.2, 0.25) is 0 Å². The molecule has 1 aromatic carbocycles. The van der Waals surface area contributed by atoms with Crippen molar-refractivity contribution in [1.82, 2.24) is 5.32 Å². The van der Waals surface area contributed by atoms with Gasteiger partial charge in [0, 0.05) is 12.3 Å². The Morgan fingerprint density at radius 2 is 1.76 bits per heavy atom. The first kappa shape index (κ1) is 20.0. The molecule has 0 saturated carbocycles. The zero-order chi connectivity index (χ0) is 19.0. The second-order valence-corrected chi connectivity index (χ2v) is 9.29. The second-order valence-electron chi connectivity index (χ2n) is 6.92. The zero-order valence-corrected chi connectivity index (χ0v) is 16.7. The van der Waals surface area contributed by atoms with E-state index in [2.05, 4.69) is 10.4 Å². The van der Waals surface area contributed by atoms with Gasteiger partial charge in [-0.15, -0.1) is 0 Å². The topological polar surface area (TPSA) is 61.8 Å². The number of hydrogen-bond donors (Lipinski definition) is 1. The molecule has 0 bridgehead atoms. The van der Waals surface area contributed by atoms with Crippen LogP contribution in [0.3, 0.4) is 0 Å². The number of hydrogen-bond acceptors (Lipinski definition) is 3. The molecule has 2 amide bonds. The Kier molecular flexibility index (Phi) is 5.71. The molecule has 0 spiro atoms. The van der Waals surface area contributed by atoms with Gasteiger partial charge in [0.15, 0.2) is 0 Å². The van der Waals surface area contributed by atoms with E-state index in [-0.39, 0.29) is 5.91 Å². The maximum atomic E-state index is 13.1. The second kappa shape index (κ2) is 7.14. The standard InChI is InChI=1S/C17H20Cl3N3O2/c1-10(24)21-14(17(18,19)20)12-13(16(2,3)4)22-23(15(12)25)11-8-6-5-7-9-11/h5-9,12,14H,1-4H3,(H,21,24)/t12-,14-/m1/s1. The first-order valence-electron chi connectivity index (χ1n) is 7.74. The van der Waals surface area contributed by atoms with Crippen molar-refractivity contribution in [2.24, 2.45) is 16.4 Å². The minimum absolute atomic E-state index is 0.346. The summed E-state index contributed by atoms with van der Waals surface area (Å²) in [5.41, 5.74) is 0.699. The average Bonchev–Trinajstić information content (AvgIpc) is 2.82. The molecule has 1 aliphatic rings. The van der Waals surface area contributed by atoms with Gasteiger partial charge >= 0.3 is 0 Å². The van der Waals surface area contributed by atoms with Crippen LogP contribution >= 0.6 is 34.8 Å². The first-order chi connectivity index (χ1) is 11.4. The molecule has 2 rings (SSSR count). The van der Waals surface area contributed by atoms with Crippen molar-refractivity contribution < 1.29 is 9.59 Å². The molecule has 0 unspecified atom stereocenters. The van der Waals surface area contributed by atoms with Crippen molar-refractivity contribution in [1.29, 1.82) is 0 Å². The molecule has 0 aliphatic carbocycles. The summed E-state index contributed by atoms with van der Waals surface area (Å²) in [6, 6.07) is 7.97. The van der Waals surface area contributed by atoms with Gasteiger partial charge in [-0.25, -0.2) is 5.01 Å². The number of nitrogens with one attached hydrogen (secondary N) is 1. The first-order valence-corrected chi connectivity index (χ1v) is 8.88. The van der Waals surface area contributed by atoms with Crippen molar-refractivity contribution in [3.8, 4) is 0 Å². The highest BCUT2D eigenvalue weighted by molar-refractivity contribution is 6.68. The molecule has 0 aromatic heterocycles. The Hall–Kier alpha value is -1.30. The molecule has 2 atom stereocenters. The summed E-state index contributed by atoms with van der Waals surface area (Å²) in [5.74, 6) is -1.62. The number of carbonyl (C=O) groups is 2. The number of rotatable bonds is 3. The Morgan fingerprint density at radius 3 is 2.20 bits per heavy atom. The van der Waals surface area contributed by atoms with Gasteiger partial charge in [0.05, 0.1) is 17.4 Å². The van der Waals surface area contributed by atoms with Gasteiger partial charge in [0.2, 0.25) is 9.70 Å². The predicted octanol–water partition coefficient (Wildman–Crippen LogP) is 3.93. The average molecular weight is 405 g/mol. The van der Waals surface area contributed by atoms with Gasteiger partial charge < -0.3 is 5.32 Å². The van der Waals surface area contributed by atoms with E-state index >= 15 is 0 Å². The zero-order valence-electron chi connectivity index (χ0n) is 14.4. The minimum Gasteiger partial charge on any atom is -0.348 e. The lowest BCUT2D eigenvalue weighted by molar-refractivity contribution is -0.122. The lowest BCUT2D eigenvalue weighted by atomic mass is 9.79. The van der Waals surface area contributed by atoms with Crippen LogP contribution < -0.4 is 10.3 Å². The third kappa shape index (κ3) is 4.46. The van der Waals surface area contributed by atoms with Crippen molar-refractivity contribution in [2.75, 3.05) is 5.01 Å². The predicted molar refractivity (Wildman–Crippen MR) is 102 cm³/mol. The third-order valence-corrected chi connectivity index (χ3v) is 4.50. The summed E-state index contributed by atoms with van der Waals surface area (Å²) < 4.78 is -1.87. The Morgan fingerprint density at radius 1 is 1.20 bits per heavy atom. The maximum absolute atomic E-state index is 13.1. The van der Waals surface area contributed by atoms with Crippen LogP contribution in [-0.2, 0) is 9.59 Å². The number of carbonyl (C=O) groups excluding carboxylic acids is 2. The van der Waals surface area contributed by atoms with Gasteiger partial charge in [-0.05, 0) is 12.1 Å². The van der Waals surface area contributed by atoms with Crippen LogP contribution in [0.4, 0.5) is 5.69 Å². The molecule has 1 heterocycles. The van der Waals surface area contributed by atoms with Crippen LogP contribution in [0.25, 0.3) is 0 Å². The summed E-state index contributed by atoms with van der Waals surface area (Å²) in [5, 5.41) is 8.41. The third-order valence-electron chi connectivity index (χ3n) is 3.79. The fourth-order valence-electron chi connectivity index (χ4n) is 2.71. The van der Waals surface area contributed by atoms with E-state index in [1.165, 1.54) is 11.9 Å². The number of anilines is 1. The maximum Gasteiger partial charge on any atom is 0.258 e. The van der Waals surface area contributed by atoms with Crippen LogP contribution in [0.1, 0.15) is 27.7 Å². The smallest absolute Gasteiger partial charge is 0.258 e. The van der Waals surface area contributed by atoms with Gasteiger partial charge in [0.25, 0.3) is 5.91 Å². The number of amides is 2. The normalized spacial score (nSPS) is 19.6. The number of nitrogens with zero attached hydrogens (tertiary/aromatic N) is 2. The summed E-state index contributed by atoms with van der Waals surface area (Å²) in [6.45, 7) is 7.07. The van der Waals surface area contributed by atoms with E-state index in [0.717, 1.165) is 0 Å². The van der Waals surface area contributed by atoms with Crippen LogP contribution in [0.15, 0.2) is 35.4 Å². The molecule has 5 nitrogen and oxygen atoms in total. The van der Waals surface area contributed by atoms with Gasteiger partial charge in [-0.3, -0.25) is 9.59 Å². The number of hydrazone groups is 1. The Labute approximate surface area is 162 Å². The van der Waals surface area contributed by atoms with E-state index in [1.807, 2.05) is 39.0 Å². The van der Waals surface area contributed by atoms with E-state index in [0.29, 0.717) is 11.4 Å². The molecule has 0 radical (unpaired) electrons. The number of benzene rings is 1. The number of halogens is 3. The Bertz CT molecular complexity index is 693. The molecule has 8 heteroatoms. The Balaban J connectivity index is 2.53. The number of alkyl halides is 3. The molecule has 1 aliphatic heterocycles. The highest BCUT2D eigenvalue weighted by Gasteiger charge is 2.52. The highest BCUT2D eigenvalue weighted by Crippen LogP contribution is 2.41. The van der Waals surface area contributed by atoms with E-state index in [1.54, 1.807) is 12.1 Å². The summed E-state index contributed by atoms with van der Waals surface area (Å²) in [4.78, 5) is 24.7. The molecule has 1 N–H and O–H groups in total. The van der Waals surface area contributed by atoms with Gasteiger partial charge in [-0.1, -0.05) is 73.8 Å². The largest absolute Gasteiger partial charge is 0.348 e. The van der Waals surface area contributed by atoms with Crippen molar-refractivity contribution in [2.45, 2.75) is 37.5 Å². The van der Waals surface area contributed by atoms with Crippen LogP contribution in [0, 0.1) is 11.3 Å². The summed E-state index contributed by atoms with van der Waals surface area (Å²) >= 11 is 18.3.